The molecule has 0 N–H and O–H groups in total. The summed E-state index contributed by atoms with van der Waals surface area (Å²) in [6, 6.07) is 0. The van der Waals surface area contributed by atoms with Gasteiger partial charge in [0.05, 0.1) is 19.3 Å². The second kappa shape index (κ2) is 5.82. The monoisotopic (exact) mass is 294 g/mol. The second-order valence-electron chi connectivity index (χ2n) is 7.63. The van der Waals surface area contributed by atoms with E-state index in [1.54, 1.807) is 0 Å². The van der Waals surface area contributed by atoms with E-state index in [0.717, 1.165) is 13.2 Å². The van der Waals surface area contributed by atoms with Crippen LogP contribution in [0.15, 0.2) is 0 Å². The maximum absolute atomic E-state index is 6.59. The Kier molecular flexibility index (Phi) is 4.01. The first-order valence-corrected chi connectivity index (χ1v) is 9.28. The average Bonchev–Trinajstić information content (AvgIpc) is 3.37. The lowest BCUT2D eigenvalue weighted by Crippen LogP contribution is -2.41. The van der Waals surface area contributed by atoms with Crippen LogP contribution in [-0.2, 0) is 14.2 Å². The van der Waals surface area contributed by atoms with Gasteiger partial charge in [-0.25, -0.2) is 0 Å². The summed E-state index contributed by atoms with van der Waals surface area (Å²) in [4.78, 5) is 0. The van der Waals surface area contributed by atoms with Crippen LogP contribution in [0.4, 0.5) is 0 Å². The van der Waals surface area contributed by atoms with Crippen LogP contribution in [0.5, 0.6) is 0 Å². The van der Waals surface area contributed by atoms with Crippen molar-refractivity contribution in [3.63, 3.8) is 0 Å². The van der Waals surface area contributed by atoms with Gasteiger partial charge in [-0.2, -0.15) is 0 Å². The molecule has 4 aliphatic rings. The molecule has 21 heavy (non-hydrogen) atoms. The Morgan fingerprint density at radius 1 is 0.857 bits per heavy atom. The van der Waals surface area contributed by atoms with Crippen LogP contribution in [0.3, 0.4) is 0 Å². The summed E-state index contributed by atoms with van der Waals surface area (Å²) in [5, 5.41) is 0. The topological polar surface area (TPSA) is 34.3 Å². The normalized spacial score (nSPS) is 46.9. The SMILES string of the molecule is C1CCCC23CCCCCCC2(O3)C(OCC2CO2)CC1. The minimum atomic E-state index is 0.0622. The van der Waals surface area contributed by atoms with Gasteiger partial charge in [-0.1, -0.05) is 51.4 Å². The first kappa shape index (κ1) is 14.5. The van der Waals surface area contributed by atoms with Crippen molar-refractivity contribution in [1.82, 2.24) is 0 Å². The predicted octanol–water partition coefficient (Wildman–Crippen LogP) is 3.99. The van der Waals surface area contributed by atoms with Gasteiger partial charge in [0.2, 0.25) is 0 Å². The number of hydrogen-bond acceptors (Lipinski definition) is 3. The van der Waals surface area contributed by atoms with Crippen molar-refractivity contribution >= 4 is 0 Å². The van der Waals surface area contributed by atoms with Crippen LogP contribution >= 0.6 is 0 Å². The Morgan fingerprint density at radius 3 is 2.24 bits per heavy atom. The lowest BCUT2D eigenvalue weighted by atomic mass is 9.76. The first-order chi connectivity index (χ1) is 10.3. The molecule has 2 saturated carbocycles. The lowest BCUT2D eigenvalue weighted by Gasteiger charge is -2.29. The van der Waals surface area contributed by atoms with Crippen molar-refractivity contribution in [2.45, 2.75) is 100 Å². The van der Waals surface area contributed by atoms with E-state index in [-0.39, 0.29) is 11.2 Å². The summed E-state index contributed by atoms with van der Waals surface area (Å²) in [6.07, 6.45) is 16.5. The van der Waals surface area contributed by atoms with Crippen LogP contribution in [0, 0.1) is 0 Å². The summed E-state index contributed by atoms with van der Waals surface area (Å²) >= 11 is 0. The Morgan fingerprint density at radius 2 is 1.52 bits per heavy atom. The summed E-state index contributed by atoms with van der Waals surface area (Å²) in [5.74, 6) is 0. The van der Waals surface area contributed by atoms with Crippen LogP contribution < -0.4 is 0 Å². The summed E-state index contributed by atoms with van der Waals surface area (Å²) in [5.41, 5.74) is 0.236. The van der Waals surface area contributed by atoms with E-state index in [9.17, 15) is 0 Å². The second-order valence-corrected chi connectivity index (χ2v) is 7.63. The van der Waals surface area contributed by atoms with Gasteiger partial charge in [0.25, 0.3) is 0 Å². The predicted molar refractivity (Wildman–Crippen MR) is 81.4 cm³/mol. The quantitative estimate of drug-likeness (QED) is 0.738. The molecule has 0 aromatic carbocycles. The first-order valence-electron chi connectivity index (χ1n) is 9.28. The van der Waals surface area contributed by atoms with E-state index >= 15 is 0 Å². The van der Waals surface area contributed by atoms with Gasteiger partial charge in [-0.05, 0) is 25.7 Å². The zero-order valence-electron chi connectivity index (χ0n) is 13.3. The Labute approximate surface area is 128 Å². The van der Waals surface area contributed by atoms with Gasteiger partial charge >= 0.3 is 0 Å². The van der Waals surface area contributed by atoms with Gasteiger partial charge in [0.15, 0.2) is 0 Å². The van der Waals surface area contributed by atoms with Crippen molar-refractivity contribution < 1.29 is 14.2 Å². The van der Waals surface area contributed by atoms with Crippen molar-refractivity contribution in [2.24, 2.45) is 0 Å². The highest BCUT2D eigenvalue weighted by Crippen LogP contribution is 2.61. The minimum Gasteiger partial charge on any atom is -0.372 e. The Balaban J connectivity index is 1.53. The zero-order chi connectivity index (χ0) is 14.2. The molecule has 2 aliphatic carbocycles. The molecule has 120 valence electrons. The molecular formula is C18H30O3. The van der Waals surface area contributed by atoms with Gasteiger partial charge in [-0.15, -0.1) is 0 Å². The van der Waals surface area contributed by atoms with E-state index in [4.69, 9.17) is 14.2 Å². The van der Waals surface area contributed by atoms with E-state index in [1.165, 1.54) is 77.0 Å². The zero-order valence-corrected chi connectivity index (χ0v) is 13.3. The van der Waals surface area contributed by atoms with Gasteiger partial charge in [0, 0.05) is 0 Å². The maximum atomic E-state index is 6.59. The van der Waals surface area contributed by atoms with E-state index in [2.05, 4.69) is 0 Å². The van der Waals surface area contributed by atoms with Gasteiger partial charge < -0.3 is 14.2 Å². The largest absolute Gasteiger partial charge is 0.372 e. The fourth-order valence-corrected chi connectivity index (χ4v) is 4.86. The summed E-state index contributed by atoms with van der Waals surface area (Å²) < 4.78 is 18.3. The molecule has 4 fully saturated rings. The molecule has 0 radical (unpaired) electrons. The molecular weight excluding hydrogens is 264 g/mol. The van der Waals surface area contributed by atoms with Crippen molar-refractivity contribution in [3.05, 3.63) is 0 Å². The molecule has 0 amide bonds. The van der Waals surface area contributed by atoms with E-state index in [1.807, 2.05) is 0 Å². The highest BCUT2D eigenvalue weighted by molar-refractivity contribution is 5.20. The smallest absolute Gasteiger partial charge is 0.124 e. The molecule has 0 spiro atoms. The Bertz CT molecular complexity index is 367. The summed E-state index contributed by atoms with van der Waals surface area (Å²) in [6.45, 7) is 1.68. The van der Waals surface area contributed by atoms with Gasteiger partial charge in [0.1, 0.15) is 17.3 Å². The number of hydrogen-bond donors (Lipinski definition) is 0. The number of rotatable bonds is 3. The van der Waals surface area contributed by atoms with Crippen LogP contribution in [-0.4, -0.2) is 36.6 Å². The van der Waals surface area contributed by atoms with Gasteiger partial charge in [-0.3, -0.25) is 0 Å². The van der Waals surface area contributed by atoms with Crippen LogP contribution in [0.1, 0.15) is 77.0 Å². The minimum absolute atomic E-state index is 0.0622. The molecule has 3 heteroatoms. The molecule has 0 aromatic heterocycles. The lowest BCUT2D eigenvalue weighted by molar-refractivity contribution is -0.0207. The van der Waals surface area contributed by atoms with Crippen LogP contribution in [0.2, 0.25) is 0 Å². The number of ether oxygens (including phenoxy) is 3. The molecule has 2 heterocycles. The standard InChI is InChI=1S/C18H30O3/c1-2-6-10-17-11-7-3-4-8-12-18(17,21-17)16(9-5-1)20-14-15-13-19-15/h15-16H,1-14H2. The molecule has 4 rings (SSSR count). The highest BCUT2D eigenvalue weighted by atomic mass is 16.7. The third-order valence-corrected chi connectivity index (χ3v) is 6.19. The average molecular weight is 294 g/mol. The molecule has 3 nitrogen and oxygen atoms in total. The Hall–Kier alpha value is -0.120. The maximum Gasteiger partial charge on any atom is 0.124 e. The molecule has 4 unspecified atom stereocenters. The van der Waals surface area contributed by atoms with E-state index in [0.29, 0.717) is 12.2 Å². The molecule has 2 aliphatic heterocycles. The number of epoxide rings is 2. The fraction of sp³-hybridized carbons (Fsp3) is 1.00. The summed E-state index contributed by atoms with van der Waals surface area (Å²) in [7, 11) is 0. The van der Waals surface area contributed by atoms with Crippen molar-refractivity contribution in [2.75, 3.05) is 13.2 Å². The molecule has 2 saturated heterocycles. The highest BCUT2D eigenvalue weighted by Gasteiger charge is 2.71. The molecule has 0 aromatic rings. The molecule has 4 atom stereocenters. The third kappa shape index (κ3) is 2.77. The van der Waals surface area contributed by atoms with Crippen LogP contribution in [0.25, 0.3) is 0 Å². The fourth-order valence-electron chi connectivity index (χ4n) is 4.86. The van der Waals surface area contributed by atoms with Crippen molar-refractivity contribution in [3.8, 4) is 0 Å². The van der Waals surface area contributed by atoms with E-state index < -0.39 is 0 Å². The molecule has 0 bridgehead atoms. The van der Waals surface area contributed by atoms with Crippen molar-refractivity contribution in [1.29, 1.82) is 0 Å². The third-order valence-electron chi connectivity index (χ3n) is 6.19.